The topological polar surface area (TPSA) is 29.5 Å². The Kier molecular flexibility index (Phi) is 6.94. The number of nitrogens with zero attached hydrogens (tertiary/aromatic N) is 1. The van der Waals surface area contributed by atoms with Crippen LogP contribution in [0.1, 0.15) is 45.4 Å². The lowest BCUT2D eigenvalue weighted by molar-refractivity contribution is -0.144. The molecule has 0 radical (unpaired) electrons. The molecule has 0 aromatic rings. The van der Waals surface area contributed by atoms with Crippen LogP contribution in [0.2, 0.25) is 0 Å². The Balaban J connectivity index is 2.14. The van der Waals surface area contributed by atoms with E-state index in [1.807, 2.05) is 13.0 Å². The molecule has 0 aromatic heterocycles. The van der Waals surface area contributed by atoms with Crippen LogP contribution in [0.15, 0.2) is 12.7 Å². The Hall–Kier alpha value is -0.830. The number of hydrogen-bond donors (Lipinski definition) is 0. The molecular formula is C14H25NO2. The average molecular weight is 239 g/mol. The van der Waals surface area contributed by atoms with Crippen LogP contribution in [0.3, 0.4) is 0 Å². The fourth-order valence-corrected chi connectivity index (χ4v) is 1.98. The first-order valence-corrected chi connectivity index (χ1v) is 6.78. The van der Waals surface area contributed by atoms with Crippen molar-refractivity contribution in [1.82, 2.24) is 4.90 Å². The molecule has 0 saturated heterocycles. The van der Waals surface area contributed by atoms with E-state index in [1.54, 1.807) is 0 Å². The molecular weight excluding hydrogens is 214 g/mol. The van der Waals surface area contributed by atoms with Crippen molar-refractivity contribution < 1.29 is 9.53 Å². The Labute approximate surface area is 105 Å². The van der Waals surface area contributed by atoms with Gasteiger partial charge in [0.15, 0.2) is 0 Å². The summed E-state index contributed by atoms with van der Waals surface area (Å²) in [6, 6.07) is 0.638. The van der Waals surface area contributed by atoms with Gasteiger partial charge in [-0.05, 0) is 45.6 Å². The number of hydrogen-bond acceptors (Lipinski definition) is 3. The Morgan fingerprint density at radius 2 is 2.18 bits per heavy atom. The summed E-state index contributed by atoms with van der Waals surface area (Å²) in [7, 11) is 0. The van der Waals surface area contributed by atoms with Gasteiger partial charge in [-0.3, -0.25) is 9.69 Å². The van der Waals surface area contributed by atoms with Gasteiger partial charge >= 0.3 is 5.97 Å². The van der Waals surface area contributed by atoms with Gasteiger partial charge in [0.25, 0.3) is 0 Å². The zero-order chi connectivity index (χ0) is 12.5. The molecule has 3 nitrogen and oxygen atoms in total. The lowest BCUT2D eigenvalue weighted by Gasteiger charge is -2.20. The smallest absolute Gasteiger partial charge is 0.320 e. The molecule has 1 rings (SSSR count). The van der Waals surface area contributed by atoms with Gasteiger partial charge in [0.2, 0.25) is 0 Å². The number of esters is 1. The molecule has 0 bridgehead atoms. The van der Waals surface area contributed by atoms with Crippen molar-refractivity contribution >= 4 is 5.97 Å². The molecule has 1 fully saturated rings. The Bertz CT molecular complexity index is 236. The predicted octanol–water partition coefficient (Wildman–Crippen LogP) is 2.76. The highest BCUT2D eigenvalue weighted by atomic mass is 16.5. The van der Waals surface area contributed by atoms with Crippen molar-refractivity contribution in [2.75, 3.05) is 19.7 Å². The summed E-state index contributed by atoms with van der Waals surface area (Å²) in [5, 5.41) is 0. The lowest BCUT2D eigenvalue weighted by Crippen LogP contribution is -2.33. The number of allylic oxidation sites excluding steroid dienone is 1. The van der Waals surface area contributed by atoms with Crippen LogP contribution >= 0.6 is 0 Å². The van der Waals surface area contributed by atoms with Crippen molar-refractivity contribution in [3.8, 4) is 0 Å². The van der Waals surface area contributed by atoms with E-state index in [0.29, 0.717) is 19.2 Å². The zero-order valence-corrected chi connectivity index (χ0v) is 11.0. The number of ether oxygens (including phenoxy) is 1. The second-order valence-corrected chi connectivity index (χ2v) is 4.64. The summed E-state index contributed by atoms with van der Waals surface area (Å²) >= 11 is 0. The first kappa shape index (κ1) is 14.2. The van der Waals surface area contributed by atoms with E-state index in [-0.39, 0.29) is 5.97 Å². The van der Waals surface area contributed by atoms with Gasteiger partial charge in [0.1, 0.15) is 0 Å². The first-order chi connectivity index (χ1) is 8.27. The average Bonchev–Trinajstić information content (AvgIpc) is 3.11. The molecule has 0 spiro atoms. The van der Waals surface area contributed by atoms with E-state index in [9.17, 15) is 4.79 Å². The SMILES string of the molecule is C=CCCCCCN(CC(=O)OCC)C1CC1. The summed E-state index contributed by atoms with van der Waals surface area (Å²) in [4.78, 5) is 13.7. The van der Waals surface area contributed by atoms with Crippen LogP contribution in [0.25, 0.3) is 0 Å². The molecule has 0 heterocycles. The van der Waals surface area contributed by atoms with Crippen LogP contribution in [0.5, 0.6) is 0 Å². The van der Waals surface area contributed by atoms with Crippen LogP contribution in [0, 0.1) is 0 Å². The summed E-state index contributed by atoms with van der Waals surface area (Å²) in [6.45, 7) is 7.56. The lowest BCUT2D eigenvalue weighted by atomic mass is 10.2. The van der Waals surface area contributed by atoms with Crippen LogP contribution in [-0.4, -0.2) is 36.6 Å². The van der Waals surface area contributed by atoms with Crippen LogP contribution < -0.4 is 0 Å². The van der Waals surface area contributed by atoms with Crippen molar-refractivity contribution in [2.45, 2.75) is 51.5 Å². The quantitative estimate of drug-likeness (QED) is 0.333. The number of carbonyl (C=O) groups excluding carboxylic acids is 1. The minimum absolute atomic E-state index is 0.0782. The van der Waals surface area contributed by atoms with Crippen molar-refractivity contribution in [1.29, 1.82) is 0 Å². The van der Waals surface area contributed by atoms with Gasteiger partial charge in [0.05, 0.1) is 13.2 Å². The Morgan fingerprint density at radius 1 is 1.41 bits per heavy atom. The highest BCUT2D eigenvalue weighted by Crippen LogP contribution is 2.27. The van der Waals surface area contributed by atoms with Gasteiger partial charge in [-0.25, -0.2) is 0 Å². The highest BCUT2D eigenvalue weighted by molar-refractivity contribution is 5.71. The molecule has 3 heteroatoms. The Morgan fingerprint density at radius 3 is 2.76 bits per heavy atom. The van der Waals surface area contributed by atoms with E-state index in [4.69, 9.17) is 4.74 Å². The highest BCUT2D eigenvalue weighted by Gasteiger charge is 2.29. The molecule has 0 aliphatic heterocycles. The third-order valence-electron chi connectivity index (χ3n) is 3.05. The van der Waals surface area contributed by atoms with E-state index in [2.05, 4.69) is 11.5 Å². The first-order valence-electron chi connectivity index (χ1n) is 6.78. The molecule has 0 aromatic carbocycles. The third kappa shape index (κ3) is 6.47. The monoisotopic (exact) mass is 239 g/mol. The predicted molar refractivity (Wildman–Crippen MR) is 69.9 cm³/mol. The molecule has 1 aliphatic carbocycles. The molecule has 0 atom stereocenters. The maximum atomic E-state index is 11.4. The molecule has 1 aliphatic rings. The van der Waals surface area contributed by atoms with Gasteiger partial charge in [-0.1, -0.05) is 12.5 Å². The molecule has 17 heavy (non-hydrogen) atoms. The van der Waals surface area contributed by atoms with Gasteiger partial charge in [0, 0.05) is 6.04 Å². The van der Waals surface area contributed by atoms with E-state index >= 15 is 0 Å². The van der Waals surface area contributed by atoms with Crippen molar-refractivity contribution in [3.05, 3.63) is 12.7 Å². The van der Waals surface area contributed by atoms with Crippen molar-refractivity contribution in [2.24, 2.45) is 0 Å². The van der Waals surface area contributed by atoms with Crippen molar-refractivity contribution in [3.63, 3.8) is 0 Å². The fraction of sp³-hybridized carbons (Fsp3) is 0.786. The minimum Gasteiger partial charge on any atom is -0.465 e. The molecule has 98 valence electrons. The second-order valence-electron chi connectivity index (χ2n) is 4.64. The maximum absolute atomic E-state index is 11.4. The second kappa shape index (κ2) is 8.29. The standard InChI is InChI=1S/C14H25NO2/c1-3-5-6-7-8-11-15(13-9-10-13)12-14(16)17-4-2/h3,13H,1,4-12H2,2H3. The zero-order valence-electron chi connectivity index (χ0n) is 11.0. The largest absolute Gasteiger partial charge is 0.465 e. The fourth-order valence-electron chi connectivity index (χ4n) is 1.98. The minimum atomic E-state index is -0.0782. The third-order valence-corrected chi connectivity index (χ3v) is 3.05. The van der Waals surface area contributed by atoms with E-state index < -0.39 is 0 Å². The van der Waals surface area contributed by atoms with E-state index in [0.717, 1.165) is 13.0 Å². The van der Waals surface area contributed by atoms with Crippen LogP contribution in [-0.2, 0) is 9.53 Å². The molecule has 1 saturated carbocycles. The summed E-state index contributed by atoms with van der Waals surface area (Å²) in [5.41, 5.74) is 0. The summed E-state index contributed by atoms with van der Waals surface area (Å²) in [6.07, 6.45) is 9.15. The molecule has 0 N–H and O–H groups in total. The normalized spacial score (nSPS) is 14.9. The number of rotatable bonds is 10. The van der Waals surface area contributed by atoms with E-state index in [1.165, 1.54) is 32.1 Å². The summed E-state index contributed by atoms with van der Waals surface area (Å²) in [5.74, 6) is -0.0782. The van der Waals surface area contributed by atoms with Gasteiger partial charge in [-0.2, -0.15) is 0 Å². The van der Waals surface area contributed by atoms with Gasteiger partial charge < -0.3 is 4.74 Å². The molecule has 0 unspecified atom stereocenters. The maximum Gasteiger partial charge on any atom is 0.320 e. The summed E-state index contributed by atoms with van der Waals surface area (Å²) < 4.78 is 5.00. The van der Waals surface area contributed by atoms with Gasteiger partial charge in [-0.15, -0.1) is 6.58 Å². The number of unbranched alkanes of at least 4 members (excludes halogenated alkanes) is 3. The van der Waals surface area contributed by atoms with Crippen LogP contribution in [0.4, 0.5) is 0 Å². The number of carbonyl (C=O) groups is 1. The molecule has 0 amide bonds.